The van der Waals surface area contributed by atoms with Gasteiger partial charge in [-0.2, -0.15) is 0 Å². The Labute approximate surface area is 127 Å². The van der Waals surface area contributed by atoms with E-state index in [4.69, 9.17) is 0 Å². The molecule has 0 saturated heterocycles. The molecule has 0 saturated carbocycles. The van der Waals surface area contributed by atoms with Gasteiger partial charge in [0, 0.05) is 13.0 Å². The monoisotopic (exact) mass is 283 g/mol. The fraction of sp³-hybridized carbons (Fsp3) is 0.526. The normalized spacial score (nSPS) is 20.8. The molecule has 112 valence electrons. The van der Waals surface area contributed by atoms with Crippen molar-refractivity contribution < 1.29 is 4.79 Å². The van der Waals surface area contributed by atoms with Crippen molar-refractivity contribution in [2.45, 2.75) is 57.3 Å². The van der Waals surface area contributed by atoms with E-state index in [2.05, 4.69) is 35.7 Å². The van der Waals surface area contributed by atoms with Crippen molar-refractivity contribution in [2.75, 3.05) is 6.54 Å². The first-order valence-electron chi connectivity index (χ1n) is 8.35. The van der Waals surface area contributed by atoms with Gasteiger partial charge < -0.3 is 5.32 Å². The summed E-state index contributed by atoms with van der Waals surface area (Å²) in [6.45, 7) is 0.805. The van der Waals surface area contributed by atoms with E-state index in [0.29, 0.717) is 12.3 Å². The molecule has 0 fully saturated rings. The molecular formula is C19H25NO. The summed E-state index contributed by atoms with van der Waals surface area (Å²) in [5.74, 6) is 0.642. The van der Waals surface area contributed by atoms with Crippen LogP contribution in [0.25, 0.3) is 0 Å². The largest absolute Gasteiger partial charge is 0.356 e. The molecule has 0 spiro atoms. The fourth-order valence-electron chi connectivity index (χ4n) is 3.65. The number of hydrogen-bond donors (Lipinski definition) is 1. The van der Waals surface area contributed by atoms with Gasteiger partial charge in [0.2, 0.25) is 5.91 Å². The SMILES string of the molecule is O=C(CC1CCc2ccccc21)NCCC1=CCCCC1. The van der Waals surface area contributed by atoms with Crippen molar-refractivity contribution in [3.8, 4) is 0 Å². The molecule has 1 amide bonds. The number of rotatable bonds is 5. The predicted molar refractivity (Wildman–Crippen MR) is 86.3 cm³/mol. The number of carbonyl (C=O) groups is 1. The van der Waals surface area contributed by atoms with Crippen LogP contribution in [-0.2, 0) is 11.2 Å². The quantitative estimate of drug-likeness (QED) is 0.809. The lowest BCUT2D eigenvalue weighted by molar-refractivity contribution is -0.121. The Morgan fingerprint density at radius 1 is 1.19 bits per heavy atom. The maximum absolute atomic E-state index is 12.1. The summed E-state index contributed by atoms with van der Waals surface area (Å²) in [7, 11) is 0. The van der Waals surface area contributed by atoms with Gasteiger partial charge in [-0.3, -0.25) is 4.79 Å². The van der Waals surface area contributed by atoms with Crippen LogP contribution in [0.2, 0.25) is 0 Å². The van der Waals surface area contributed by atoms with Gasteiger partial charge in [0.1, 0.15) is 0 Å². The molecule has 3 rings (SSSR count). The summed E-state index contributed by atoms with van der Waals surface area (Å²) in [5.41, 5.74) is 4.36. The number of aryl methyl sites for hydroxylation is 1. The molecule has 0 bridgehead atoms. The highest BCUT2D eigenvalue weighted by Crippen LogP contribution is 2.35. The molecule has 1 unspecified atom stereocenters. The maximum atomic E-state index is 12.1. The lowest BCUT2D eigenvalue weighted by Crippen LogP contribution is -2.26. The van der Waals surface area contributed by atoms with Gasteiger partial charge in [-0.25, -0.2) is 0 Å². The molecule has 1 aromatic carbocycles. The van der Waals surface area contributed by atoms with Gasteiger partial charge in [-0.15, -0.1) is 0 Å². The van der Waals surface area contributed by atoms with E-state index >= 15 is 0 Å². The molecule has 2 nitrogen and oxygen atoms in total. The minimum absolute atomic E-state index is 0.216. The van der Waals surface area contributed by atoms with Crippen LogP contribution in [0.5, 0.6) is 0 Å². The number of allylic oxidation sites excluding steroid dienone is 1. The summed E-state index contributed by atoms with van der Waals surface area (Å²) in [4.78, 5) is 12.1. The second-order valence-electron chi connectivity index (χ2n) is 6.35. The molecule has 0 aromatic heterocycles. The number of hydrogen-bond acceptors (Lipinski definition) is 1. The van der Waals surface area contributed by atoms with E-state index < -0.39 is 0 Å². The second-order valence-corrected chi connectivity index (χ2v) is 6.35. The average Bonchev–Trinajstić information content (AvgIpc) is 2.92. The molecule has 1 aromatic rings. The zero-order valence-corrected chi connectivity index (χ0v) is 12.7. The lowest BCUT2D eigenvalue weighted by atomic mass is 9.96. The van der Waals surface area contributed by atoms with Crippen LogP contribution in [-0.4, -0.2) is 12.5 Å². The van der Waals surface area contributed by atoms with Crippen molar-refractivity contribution in [3.05, 3.63) is 47.0 Å². The topological polar surface area (TPSA) is 29.1 Å². The van der Waals surface area contributed by atoms with Gasteiger partial charge >= 0.3 is 0 Å². The Morgan fingerprint density at radius 2 is 2.10 bits per heavy atom. The first-order valence-corrected chi connectivity index (χ1v) is 8.35. The fourth-order valence-corrected chi connectivity index (χ4v) is 3.65. The van der Waals surface area contributed by atoms with Crippen molar-refractivity contribution in [3.63, 3.8) is 0 Å². The minimum Gasteiger partial charge on any atom is -0.356 e. The number of fused-ring (bicyclic) bond motifs is 1. The van der Waals surface area contributed by atoms with Gasteiger partial charge in [0.05, 0.1) is 0 Å². The van der Waals surface area contributed by atoms with Crippen molar-refractivity contribution in [1.29, 1.82) is 0 Å². The van der Waals surface area contributed by atoms with E-state index in [1.54, 1.807) is 0 Å². The molecule has 2 aliphatic carbocycles. The summed E-state index contributed by atoms with van der Waals surface area (Å²) in [5, 5.41) is 3.11. The van der Waals surface area contributed by atoms with Crippen LogP contribution in [0.1, 0.15) is 62.0 Å². The van der Waals surface area contributed by atoms with Crippen LogP contribution in [0.15, 0.2) is 35.9 Å². The summed E-state index contributed by atoms with van der Waals surface area (Å²) >= 11 is 0. The molecule has 0 aliphatic heterocycles. The summed E-state index contributed by atoms with van der Waals surface area (Å²) in [6, 6.07) is 8.57. The van der Waals surface area contributed by atoms with E-state index in [-0.39, 0.29) is 5.91 Å². The Kier molecular flexibility index (Phi) is 4.74. The van der Waals surface area contributed by atoms with Gasteiger partial charge in [-0.1, -0.05) is 35.9 Å². The van der Waals surface area contributed by atoms with E-state index in [1.165, 1.54) is 42.4 Å². The van der Waals surface area contributed by atoms with Crippen molar-refractivity contribution in [1.82, 2.24) is 5.32 Å². The number of nitrogens with one attached hydrogen (secondary N) is 1. The highest BCUT2D eigenvalue weighted by atomic mass is 16.1. The molecule has 0 heterocycles. The minimum atomic E-state index is 0.216. The average molecular weight is 283 g/mol. The molecule has 1 atom stereocenters. The first kappa shape index (κ1) is 14.4. The summed E-state index contributed by atoms with van der Waals surface area (Å²) < 4.78 is 0. The molecule has 0 radical (unpaired) electrons. The zero-order chi connectivity index (χ0) is 14.5. The Balaban J connectivity index is 1.44. The van der Waals surface area contributed by atoms with E-state index in [0.717, 1.165) is 25.8 Å². The van der Waals surface area contributed by atoms with Crippen LogP contribution in [0, 0.1) is 0 Å². The van der Waals surface area contributed by atoms with Gasteiger partial charge in [-0.05, 0) is 62.0 Å². The number of carbonyl (C=O) groups excluding carboxylic acids is 1. The Bertz CT molecular complexity index is 532. The Morgan fingerprint density at radius 3 is 2.95 bits per heavy atom. The third kappa shape index (κ3) is 3.75. The van der Waals surface area contributed by atoms with Crippen molar-refractivity contribution in [2.24, 2.45) is 0 Å². The first-order chi connectivity index (χ1) is 10.3. The molecule has 2 heteroatoms. The third-order valence-corrected chi connectivity index (χ3v) is 4.84. The second kappa shape index (κ2) is 6.93. The van der Waals surface area contributed by atoms with Crippen LogP contribution in [0.3, 0.4) is 0 Å². The maximum Gasteiger partial charge on any atom is 0.220 e. The van der Waals surface area contributed by atoms with Gasteiger partial charge in [0.15, 0.2) is 0 Å². The van der Waals surface area contributed by atoms with Crippen LogP contribution < -0.4 is 5.32 Å². The Hall–Kier alpha value is -1.57. The van der Waals surface area contributed by atoms with Crippen molar-refractivity contribution >= 4 is 5.91 Å². The highest BCUT2D eigenvalue weighted by molar-refractivity contribution is 5.77. The standard InChI is InChI=1S/C19H25NO/c21-19(20-13-12-15-6-2-1-3-7-15)14-17-11-10-16-8-4-5-9-18(16)17/h4-6,8-9,17H,1-3,7,10-14H2,(H,20,21). The third-order valence-electron chi connectivity index (χ3n) is 4.84. The molecule has 2 aliphatic rings. The lowest BCUT2D eigenvalue weighted by Gasteiger charge is -2.14. The zero-order valence-electron chi connectivity index (χ0n) is 12.7. The molecular weight excluding hydrogens is 258 g/mol. The predicted octanol–water partition coefficient (Wildman–Crippen LogP) is 4.11. The smallest absolute Gasteiger partial charge is 0.220 e. The van der Waals surface area contributed by atoms with E-state index in [1.807, 2.05) is 0 Å². The highest BCUT2D eigenvalue weighted by Gasteiger charge is 2.23. The van der Waals surface area contributed by atoms with Crippen LogP contribution >= 0.6 is 0 Å². The molecule has 1 N–H and O–H groups in total. The number of benzene rings is 1. The summed E-state index contributed by atoms with van der Waals surface area (Å²) in [6.07, 6.45) is 11.4. The molecule has 21 heavy (non-hydrogen) atoms. The van der Waals surface area contributed by atoms with E-state index in [9.17, 15) is 4.79 Å². The van der Waals surface area contributed by atoms with Gasteiger partial charge in [0.25, 0.3) is 0 Å². The number of amides is 1. The van der Waals surface area contributed by atoms with Crippen LogP contribution in [0.4, 0.5) is 0 Å².